The van der Waals surface area contributed by atoms with Crippen molar-refractivity contribution in [3.63, 3.8) is 0 Å². The van der Waals surface area contributed by atoms with Crippen LogP contribution in [0.5, 0.6) is 0 Å². The third kappa shape index (κ3) is 5.59. The van der Waals surface area contributed by atoms with E-state index in [1.165, 1.54) is 6.26 Å². The van der Waals surface area contributed by atoms with Crippen LogP contribution < -0.4 is 5.32 Å². The van der Waals surface area contributed by atoms with E-state index in [4.69, 9.17) is 5.26 Å². The number of hydrogen-bond acceptors (Lipinski definition) is 6. The molecule has 0 unspecified atom stereocenters. The van der Waals surface area contributed by atoms with Gasteiger partial charge in [0, 0.05) is 32.1 Å². The van der Waals surface area contributed by atoms with Crippen LogP contribution in [0.25, 0.3) is 0 Å². The summed E-state index contributed by atoms with van der Waals surface area (Å²) in [6.07, 6.45) is 2.79. The van der Waals surface area contributed by atoms with E-state index in [9.17, 15) is 13.2 Å². The molecule has 4 rings (SSSR count). The number of rotatable bonds is 7. The fourth-order valence-electron chi connectivity index (χ4n) is 4.48. The predicted octanol–water partition coefficient (Wildman–Crippen LogP) is 4.00. The van der Waals surface area contributed by atoms with Crippen molar-refractivity contribution in [3.8, 4) is 6.07 Å². The van der Waals surface area contributed by atoms with Crippen LogP contribution in [0.15, 0.2) is 65.7 Å². The third-order valence-electron chi connectivity index (χ3n) is 6.22. The lowest BCUT2D eigenvalue weighted by molar-refractivity contribution is 0.0950. The van der Waals surface area contributed by atoms with Crippen molar-refractivity contribution in [2.24, 2.45) is 5.92 Å². The van der Waals surface area contributed by atoms with Crippen LogP contribution in [-0.2, 0) is 29.5 Å². The zero-order valence-electron chi connectivity index (χ0n) is 20.0. The number of amides is 1. The Morgan fingerprint density at radius 1 is 1.14 bits per heavy atom. The summed E-state index contributed by atoms with van der Waals surface area (Å²) in [4.78, 5) is 20.1. The van der Waals surface area contributed by atoms with Crippen LogP contribution in [0.4, 0.5) is 0 Å². The number of hydrogen-bond donors (Lipinski definition) is 1. The molecule has 0 bridgehead atoms. The molecule has 35 heavy (non-hydrogen) atoms. The molecule has 1 aromatic heterocycles. The largest absolute Gasteiger partial charge is 0.348 e. The standard InChI is InChI=1S/C27H28N4O3S/c1-18(2)26-25-23(17-31(26)16-21-6-4-19(13-28)5-7-21)12-22(15-29-25)27(32)30-14-20-8-10-24(11-9-20)35(3,33)34/h4-12,15,18,26H,14,16-17H2,1-3H3,(H,30,32)/t26-/m1/s1. The molecule has 1 atom stereocenters. The Hall–Kier alpha value is -3.54. The molecular formula is C27H28N4O3S. The topological polar surface area (TPSA) is 103 Å². The van der Waals surface area contributed by atoms with Crippen molar-refractivity contribution in [3.05, 3.63) is 94.3 Å². The Morgan fingerprint density at radius 3 is 2.40 bits per heavy atom. The van der Waals surface area contributed by atoms with Crippen molar-refractivity contribution in [1.29, 1.82) is 5.26 Å². The highest BCUT2D eigenvalue weighted by molar-refractivity contribution is 7.90. The van der Waals surface area contributed by atoms with Gasteiger partial charge in [-0.1, -0.05) is 38.1 Å². The molecule has 1 amide bonds. The van der Waals surface area contributed by atoms with Gasteiger partial charge in [-0.2, -0.15) is 5.26 Å². The highest BCUT2D eigenvalue weighted by Crippen LogP contribution is 2.38. The summed E-state index contributed by atoms with van der Waals surface area (Å²) in [5.41, 5.74) is 5.13. The van der Waals surface area contributed by atoms with Crippen molar-refractivity contribution in [2.75, 3.05) is 6.26 Å². The molecule has 0 aliphatic carbocycles. The van der Waals surface area contributed by atoms with Gasteiger partial charge in [0.05, 0.1) is 33.8 Å². The average molecular weight is 489 g/mol. The Balaban J connectivity index is 1.46. The monoisotopic (exact) mass is 488 g/mol. The number of carbonyl (C=O) groups is 1. The minimum atomic E-state index is -3.25. The van der Waals surface area contributed by atoms with E-state index in [0.717, 1.165) is 28.9 Å². The number of aromatic nitrogens is 1. The maximum atomic E-state index is 12.8. The average Bonchev–Trinajstić information content (AvgIpc) is 3.20. The molecule has 2 aromatic carbocycles. The molecular weight excluding hydrogens is 460 g/mol. The lowest BCUT2D eigenvalue weighted by Gasteiger charge is -2.27. The molecule has 8 heteroatoms. The Morgan fingerprint density at radius 2 is 1.80 bits per heavy atom. The van der Waals surface area contributed by atoms with Gasteiger partial charge in [-0.25, -0.2) is 8.42 Å². The molecule has 1 aliphatic rings. The maximum Gasteiger partial charge on any atom is 0.253 e. The highest BCUT2D eigenvalue weighted by Gasteiger charge is 2.34. The predicted molar refractivity (Wildman–Crippen MR) is 133 cm³/mol. The smallest absolute Gasteiger partial charge is 0.253 e. The molecule has 3 aromatic rings. The molecule has 0 radical (unpaired) electrons. The van der Waals surface area contributed by atoms with Gasteiger partial charge in [-0.3, -0.25) is 14.7 Å². The first-order chi connectivity index (χ1) is 16.7. The molecule has 1 N–H and O–H groups in total. The number of pyridine rings is 1. The summed E-state index contributed by atoms with van der Waals surface area (Å²) < 4.78 is 23.2. The lowest BCUT2D eigenvalue weighted by Crippen LogP contribution is -2.25. The first-order valence-electron chi connectivity index (χ1n) is 11.4. The van der Waals surface area contributed by atoms with Crippen LogP contribution in [-0.4, -0.2) is 30.5 Å². The zero-order chi connectivity index (χ0) is 25.2. The second-order valence-corrected chi connectivity index (χ2v) is 11.3. The van der Waals surface area contributed by atoms with E-state index in [-0.39, 0.29) is 16.8 Å². The van der Waals surface area contributed by atoms with Crippen LogP contribution in [0.1, 0.15) is 58.2 Å². The summed E-state index contributed by atoms with van der Waals surface area (Å²) >= 11 is 0. The second kappa shape index (κ2) is 9.98. The van der Waals surface area contributed by atoms with E-state index in [1.54, 1.807) is 30.5 Å². The molecule has 2 heterocycles. The van der Waals surface area contributed by atoms with E-state index in [1.807, 2.05) is 30.3 Å². The Bertz CT molecular complexity index is 1380. The molecule has 1 aliphatic heterocycles. The van der Waals surface area contributed by atoms with Crippen molar-refractivity contribution < 1.29 is 13.2 Å². The minimum absolute atomic E-state index is 0.145. The number of benzene rings is 2. The fourth-order valence-corrected chi connectivity index (χ4v) is 5.11. The van der Waals surface area contributed by atoms with E-state index in [2.05, 4.69) is 35.1 Å². The first-order valence-corrected chi connectivity index (χ1v) is 13.3. The van der Waals surface area contributed by atoms with Gasteiger partial charge in [-0.15, -0.1) is 0 Å². The van der Waals surface area contributed by atoms with E-state index < -0.39 is 9.84 Å². The zero-order valence-corrected chi connectivity index (χ0v) is 20.8. The molecule has 0 saturated carbocycles. The second-order valence-electron chi connectivity index (χ2n) is 9.27. The van der Waals surface area contributed by atoms with Crippen LogP contribution >= 0.6 is 0 Å². The van der Waals surface area contributed by atoms with Crippen LogP contribution in [0, 0.1) is 17.2 Å². The summed E-state index contributed by atoms with van der Waals surface area (Å²) in [7, 11) is -3.25. The van der Waals surface area contributed by atoms with Gasteiger partial charge < -0.3 is 5.32 Å². The maximum absolute atomic E-state index is 12.8. The van der Waals surface area contributed by atoms with Gasteiger partial charge in [-0.05, 0) is 52.9 Å². The van der Waals surface area contributed by atoms with Gasteiger partial charge in [0.15, 0.2) is 9.84 Å². The van der Waals surface area contributed by atoms with Gasteiger partial charge in [0.1, 0.15) is 0 Å². The minimum Gasteiger partial charge on any atom is -0.348 e. The van der Waals surface area contributed by atoms with E-state index in [0.29, 0.717) is 30.1 Å². The van der Waals surface area contributed by atoms with Crippen LogP contribution in [0.2, 0.25) is 0 Å². The van der Waals surface area contributed by atoms with Gasteiger partial charge in [0.2, 0.25) is 0 Å². The summed E-state index contributed by atoms with van der Waals surface area (Å²) in [6.45, 7) is 6.06. The highest BCUT2D eigenvalue weighted by atomic mass is 32.2. The van der Waals surface area contributed by atoms with Gasteiger partial charge >= 0.3 is 0 Å². The summed E-state index contributed by atoms with van der Waals surface area (Å²) in [6, 6.07) is 18.3. The van der Waals surface area contributed by atoms with Crippen molar-refractivity contribution in [1.82, 2.24) is 15.2 Å². The first kappa shape index (κ1) is 24.6. The molecule has 7 nitrogen and oxygen atoms in total. The summed E-state index contributed by atoms with van der Waals surface area (Å²) in [5.74, 6) is 0.121. The number of nitrogens with one attached hydrogen (secondary N) is 1. The molecule has 0 saturated heterocycles. The molecule has 0 spiro atoms. The normalized spacial score (nSPS) is 15.6. The number of nitrogens with zero attached hydrogens (tertiary/aromatic N) is 3. The lowest BCUT2D eigenvalue weighted by atomic mass is 9.99. The number of carbonyl (C=O) groups excluding carboxylic acids is 1. The molecule has 0 fully saturated rings. The van der Waals surface area contributed by atoms with Crippen molar-refractivity contribution >= 4 is 15.7 Å². The third-order valence-corrected chi connectivity index (χ3v) is 7.34. The number of sulfone groups is 1. The SMILES string of the molecule is CC(C)[C@@H]1c2ncc(C(=O)NCc3ccc(S(C)(=O)=O)cc3)cc2CN1Cc1ccc(C#N)cc1. The molecule has 180 valence electrons. The fraction of sp³-hybridized carbons (Fsp3) is 0.296. The van der Waals surface area contributed by atoms with E-state index >= 15 is 0 Å². The Kier molecular flexibility index (Phi) is 7.01. The number of nitriles is 1. The number of fused-ring (bicyclic) bond motifs is 1. The summed E-state index contributed by atoms with van der Waals surface area (Å²) in [5, 5.41) is 11.9. The van der Waals surface area contributed by atoms with Crippen molar-refractivity contribution in [2.45, 2.75) is 44.4 Å². The Labute approximate surface area is 206 Å². The quantitative estimate of drug-likeness (QED) is 0.539. The van der Waals surface area contributed by atoms with Crippen LogP contribution in [0.3, 0.4) is 0 Å². The van der Waals surface area contributed by atoms with Gasteiger partial charge in [0.25, 0.3) is 5.91 Å².